The van der Waals surface area contributed by atoms with Crippen LogP contribution in [0.4, 0.5) is 4.39 Å². The maximum absolute atomic E-state index is 14.2. The lowest BCUT2D eigenvalue weighted by molar-refractivity contribution is 0.1000. The molecule has 6 heteroatoms. The minimum atomic E-state index is -0.809. The Labute approximate surface area is 116 Å². The number of hydrogen-bond donors (Lipinski definition) is 2. The van der Waals surface area contributed by atoms with Crippen LogP contribution >= 0.6 is 0 Å². The lowest BCUT2D eigenvalue weighted by Gasteiger charge is -2.28. The Kier molecular flexibility index (Phi) is 4.04. The summed E-state index contributed by atoms with van der Waals surface area (Å²) in [6, 6.07) is 4.07. The van der Waals surface area contributed by atoms with E-state index in [4.69, 9.17) is 16.2 Å². The van der Waals surface area contributed by atoms with Gasteiger partial charge in [-0.1, -0.05) is 6.92 Å². The van der Waals surface area contributed by atoms with Crippen LogP contribution in [0.25, 0.3) is 0 Å². The van der Waals surface area contributed by atoms with Crippen molar-refractivity contribution in [1.29, 1.82) is 0 Å². The van der Waals surface area contributed by atoms with Crippen molar-refractivity contribution in [2.75, 3.05) is 13.2 Å². The van der Waals surface area contributed by atoms with Crippen LogP contribution in [0.15, 0.2) is 23.2 Å². The molecule has 0 bridgehead atoms. The number of rotatable bonds is 3. The van der Waals surface area contributed by atoms with E-state index in [1.165, 1.54) is 18.2 Å². The quantitative estimate of drug-likeness (QED) is 0.874. The number of amides is 1. The molecule has 0 spiro atoms. The molecule has 0 fully saturated rings. The smallest absolute Gasteiger partial charge is 0.248 e. The van der Waals surface area contributed by atoms with Crippen molar-refractivity contribution < 1.29 is 13.9 Å². The van der Waals surface area contributed by atoms with E-state index in [0.717, 1.165) is 0 Å². The second-order valence-electron chi connectivity index (χ2n) is 4.85. The highest BCUT2D eigenvalue weighted by atomic mass is 19.1. The number of carbonyl (C=O) groups excluding carboxylic acids is 1. The lowest BCUT2D eigenvalue weighted by Crippen LogP contribution is -2.28. The van der Waals surface area contributed by atoms with Crippen molar-refractivity contribution in [3.63, 3.8) is 0 Å². The van der Waals surface area contributed by atoms with E-state index in [2.05, 4.69) is 4.99 Å². The van der Waals surface area contributed by atoms with E-state index in [9.17, 15) is 9.18 Å². The number of halogens is 1. The van der Waals surface area contributed by atoms with E-state index in [1.807, 2.05) is 6.92 Å². The Balaban J connectivity index is 2.58. The maximum Gasteiger partial charge on any atom is 0.248 e. The summed E-state index contributed by atoms with van der Waals surface area (Å²) < 4.78 is 19.5. The molecule has 0 aliphatic carbocycles. The number of ether oxygens (including phenoxy) is 1. The van der Waals surface area contributed by atoms with Crippen molar-refractivity contribution >= 4 is 11.7 Å². The summed E-state index contributed by atoms with van der Waals surface area (Å²) in [4.78, 5) is 15.7. The first-order chi connectivity index (χ1) is 9.48. The molecule has 1 aliphatic heterocycles. The minimum Gasteiger partial charge on any atom is -0.386 e. The van der Waals surface area contributed by atoms with Gasteiger partial charge in [0.15, 0.2) is 0 Å². The van der Waals surface area contributed by atoms with E-state index in [0.29, 0.717) is 30.8 Å². The summed E-state index contributed by atoms with van der Waals surface area (Å²) in [5, 5.41) is 0. The minimum absolute atomic E-state index is 0.235. The molecular weight excluding hydrogens is 261 g/mol. The summed E-state index contributed by atoms with van der Waals surface area (Å²) in [7, 11) is 0. The number of primary amides is 1. The number of benzene rings is 1. The van der Waals surface area contributed by atoms with Gasteiger partial charge in [0.25, 0.3) is 0 Å². The molecule has 1 aromatic carbocycles. The monoisotopic (exact) mass is 279 g/mol. The van der Waals surface area contributed by atoms with E-state index >= 15 is 0 Å². The molecule has 0 unspecified atom stereocenters. The predicted octanol–water partition coefficient (Wildman–Crippen LogP) is 1.31. The molecular formula is C14H18FN3O2. The molecule has 20 heavy (non-hydrogen) atoms. The molecule has 1 atom stereocenters. The van der Waals surface area contributed by atoms with Crippen LogP contribution in [-0.2, 0) is 10.3 Å². The molecule has 0 radical (unpaired) electrons. The van der Waals surface area contributed by atoms with Gasteiger partial charge in [-0.05, 0) is 24.6 Å². The summed E-state index contributed by atoms with van der Waals surface area (Å²) in [5.74, 6) is -0.692. The first-order valence-electron chi connectivity index (χ1n) is 6.50. The molecule has 0 aromatic heterocycles. The van der Waals surface area contributed by atoms with Gasteiger partial charge in [0.05, 0.1) is 5.54 Å². The van der Waals surface area contributed by atoms with Gasteiger partial charge >= 0.3 is 0 Å². The maximum atomic E-state index is 14.2. The average molecular weight is 279 g/mol. The zero-order valence-corrected chi connectivity index (χ0v) is 11.4. The SMILES string of the molecule is CC[C@@]1(c2cc(C(N)=O)ccc2F)CCOCC(N)=N1. The van der Waals surface area contributed by atoms with Crippen molar-refractivity contribution in [2.24, 2.45) is 16.5 Å². The second kappa shape index (κ2) is 5.58. The molecule has 4 N–H and O–H groups in total. The highest BCUT2D eigenvalue weighted by Gasteiger charge is 2.34. The number of aliphatic imine (C=N–C) groups is 1. The van der Waals surface area contributed by atoms with Gasteiger partial charge in [0.1, 0.15) is 18.3 Å². The fourth-order valence-corrected chi connectivity index (χ4v) is 2.46. The summed E-state index contributed by atoms with van der Waals surface area (Å²) in [6.45, 7) is 2.57. The van der Waals surface area contributed by atoms with E-state index in [1.54, 1.807) is 0 Å². The van der Waals surface area contributed by atoms with Crippen LogP contribution in [0.5, 0.6) is 0 Å². The summed E-state index contributed by atoms with van der Waals surface area (Å²) in [5.41, 5.74) is 10.8. The molecule has 1 heterocycles. The number of nitrogens with zero attached hydrogens (tertiary/aromatic N) is 1. The Bertz CT molecular complexity index is 559. The highest BCUT2D eigenvalue weighted by molar-refractivity contribution is 5.93. The van der Waals surface area contributed by atoms with Gasteiger partial charge < -0.3 is 16.2 Å². The standard InChI is InChI=1S/C14H18FN3O2/c1-2-14(5-6-20-8-12(16)18-14)10-7-9(13(17)19)3-4-11(10)15/h3-4,7H,2,5-6,8H2,1H3,(H2,16,18)(H2,17,19)/t14-/m0/s1. The van der Waals surface area contributed by atoms with Crippen LogP contribution in [0.1, 0.15) is 35.7 Å². The van der Waals surface area contributed by atoms with Gasteiger partial charge in [-0.25, -0.2) is 4.39 Å². The van der Waals surface area contributed by atoms with Crippen LogP contribution in [0.3, 0.4) is 0 Å². The first-order valence-corrected chi connectivity index (χ1v) is 6.50. The van der Waals surface area contributed by atoms with Gasteiger partial charge in [0.2, 0.25) is 5.91 Å². The van der Waals surface area contributed by atoms with Gasteiger partial charge in [-0.15, -0.1) is 0 Å². The number of amidine groups is 1. The number of nitrogens with two attached hydrogens (primary N) is 2. The van der Waals surface area contributed by atoms with Crippen LogP contribution in [-0.4, -0.2) is 25.0 Å². The van der Waals surface area contributed by atoms with Crippen LogP contribution < -0.4 is 11.5 Å². The fraction of sp³-hybridized carbons (Fsp3) is 0.429. The molecule has 1 amide bonds. The van der Waals surface area contributed by atoms with Gasteiger partial charge in [-0.2, -0.15) is 0 Å². The molecule has 1 aliphatic rings. The summed E-state index contributed by atoms with van der Waals surface area (Å²) in [6.07, 6.45) is 1.06. The first kappa shape index (κ1) is 14.5. The molecule has 108 valence electrons. The molecule has 0 saturated heterocycles. The zero-order chi connectivity index (χ0) is 14.8. The van der Waals surface area contributed by atoms with Crippen molar-refractivity contribution in [2.45, 2.75) is 25.3 Å². The van der Waals surface area contributed by atoms with Crippen molar-refractivity contribution in [3.8, 4) is 0 Å². The molecule has 5 nitrogen and oxygen atoms in total. The van der Waals surface area contributed by atoms with Crippen LogP contribution in [0.2, 0.25) is 0 Å². The second-order valence-corrected chi connectivity index (χ2v) is 4.85. The van der Waals surface area contributed by atoms with E-state index in [-0.39, 0.29) is 12.2 Å². The van der Waals surface area contributed by atoms with Crippen molar-refractivity contribution in [3.05, 3.63) is 35.1 Å². The third-order valence-corrected chi connectivity index (χ3v) is 3.60. The normalized spacial score (nSPS) is 23.0. The molecule has 0 saturated carbocycles. The Morgan fingerprint density at radius 3 is 2.95 bits per heavy atom. The fourth-order valence-electron chi connectivity index (χ4n) is 2.46. The highest BCUT2D eigenvalue weighted by Crippen LogP contribution is 2.36. The number of hydrogen-bond acceptors (Lipinski definition) is 4. The topological polar surface area (TPSA) is 90.7 Å². The largest absolute Gasteiger partial charge is 0.386 e. The Morgan fingerprint density at radius 1 is 1.55 bits per heavy atom. The third kappa shape index (κ3) is 2.65. The number of carbonyl (C=O) groups is 1. The predicted molar refractivity (Wildman–Crippen MR) is 73.9 cm³/mol. The van der Waals surface area contributed by atoms with E-state index < -0.39 is 17.3 Å². The lowest BCUT2D eigenvalue weighted by atomic mass is 9.83. The summed E-state index contributed by atoms with van der Waals surface area (Å²) >= 11 is 0. The van der Waals surface area contributed by atoms with Gasteiger partial charge in [-0.3, -0.25) is 9.79 Å². The molecule has 2 rings (SSSR count). The Hall–Kier alpha value is -1.95. The molecule has 1 aromatic rings. The zero-order valence-electron chi connectivity index (χ0n) is 11.4. The average Bonchev–Trinajstić information content (AvgIpc) is 2.61. The van der Waals surface area contributed by atoms with Gasteiger partial charge in [0, 0.05) is 24.2 Å². The van der Waals surface area contributed by atoms with Crippen LogP contribution in [0, 0.1) is 5.82 Å². The van der Waals surface area contributed by atoms with Crippen molar-refractivity contribution in [1.82, 2.24) is 0 Å². The third-order valence-electron chi connectivity index (χ3n) is 3.60. The Morgan fingerprint density at radius 2 is 2.30 bits per heavy atom.